The molecule has 1 fully saturated rings. The highest BCUT2D eigenvalue weighted by molar-refractivity contribution is 5.99. The molecule has 0 unspecified atom stereocenters. The van der Waals surface area contributed by atoms with Gasteiger partial charge in [0, 0.05) is 23.7 Å². The Kier molecular flexibility index (Phi) is 7.06. The molecule has 2 aromatic carbocycles. The summed E-state index contributed by atoms with van der Waals surface area (Å²) in [7, 11) is 1.64. The molecule has 2 amide bonds. The fourth-order valence-electron chi connectivity index (χ4n) is 3.57. The Morgan fingerprint density at radius 2 is 1.68 bits per heavy atom. The van der Waals surface area contributed by atoms with Crippen molar-refractivity contribution in [1.29, 1.82) is 0 Å². The Labute approximate surface area is 166 Å². The lowest BCUT2D eigenvalue weighted by Gasteiger charge is -2.22. The lowest BCUT2D eigenvalue weighted by molar-refractivity contribution is 0.0927. The van der Waals surface area contributed by atoms with Crippen LogP contribution in [0.2, 0.25) is 0 Å². The topological polar surface area (TPSA) is 67.4 Å². The van der Waals surface area contributed by atoms with Crippen molar-refractivity contribution in [3.63, 3.8) is 0 Å². The third kappa shape index (κ3) is 5.59. The standard InChI is InChI=1S/C23H28N2O3/c1-28-21-12-5-7-17(15-21)13-14-24-22(26)18-8-6-9-19(16-18)23(27)25-20-10-3-2-4-11-20/h5-9,12,15-16,20H,2-4,10-11,13-14H2,1H3,(H,24,26)(H,25,27). The van der Waals surface area contributed by atoms with Crippen LogP contribution in [0.15, 0.2) is 48.5 Å². The van der Waals surface area contributed by atoms with Gasteiger partial charge in [0.25, 0.3) is 11.8 Å². The van der Waals surface area contributed by atoms with Gasteiger partial charge in [0.15, 0.2) is 0 Å². The summed E-state index contributed by atoms with van der Waals surface area (Å²) in [4.78, 5) is 24.9. The first-order valence-electron chi connectivity index (χ1n) is 9.98. The van der Waals surface area contributed by atoms with Crippen molar-refractivity contribution >= 4 is 11.8 Å². The van der Waals surface area contributed by atoms with Crippen molar-refractivity contribution in [1.82, 2.24) is 10.6 Å². The fraction of sp³-hybridized carbons (Fsp3) is 0.391. The third-order valence-electron chi connectivity index (χ3n) is 5.16. The number of methoxy groups -OCH3 is 1. The zero-order chi connectivity index (χ0) is 19.8. The van der Waals surface area contributed by atoms with E-state index in [0.29, 0.717) is 24.1 Å². The first kappa shape index (κ1) is 19.9. The van der Waals surface area contributed by atoms with Crippen LogP contribution in [0.4, 0.5) is 0 Å². The van der Waals surface area contributed by atoms with Gasteiger partial charge in [-0.15, -0.1) is 0 Å². The number of amides is 2. The molecular weight excluding hydrogens is 352 g/mol. The second-order valence-electron chi connectivity index (χ2n) is 7.25. The molecular formula is C23H28N2O3. The lowest BCUT2D eigenvalue weighted by Crippen LogP contribution is -2.36. The molecule has 0 bridgehead atoms. The summed E-state index contributed by atoms with van der Waals surface area (Å²) < 4.78 is 5.22. The fourth-order valence-corrected chi connectivity index (χ4v) is 3.57. The van der Waals surface area contributed by atoms with Gasteiger partial charge in [-0.3, -0.25) is 9.59 Å². The van der Waals surface area contributed by atoms with Gasteiger partial charge in [-0.1, -0.05) is 37.5 Å². The molecule has 0 radical (unpaired) electrons. The quantitative estimate of drug-likeness (QED) is 0.769. The summed E-state index contributed by atoms with van der Waals surface area (Å²) in [5.74, 6) is 0.536. The average Bonchev–Trinajstić information content (AvgIpc) is 2.74. The van der Waals surface area contributed by atoms with E-state index in [2.05, 4.69) is 10.6 Å². The molecule has 28 heavy (non-hydrogen) atoms. The molecule has 0 spiro atoms. The van der Waals surface area contributed by atoms with Crippen molar-refractivity contribution in [2.45, 2.75) is 44.6 Å². The lowest BCUT2D eigenvalue weighted by atomic mass is 9.95. The van der Waals surface area contributed by atoms with Crippen LogP contribution in [0.25, 0.3) is 0 Å². The van der Waals surface area contributed by atoms with Crippen molar-refractivity contribution in [3.05, 3.63) is 65.2 Å². The third-order valence-corrected chi connectivity index (χ3v) is 5.16. The zero-order valence-corrected chi connectivity index (χ0v) is 16.4. The molecule has 5 heteroatoms. The molecule has 1 aliphatic rings. The molecule has 3 rings (SSSR count). The summed E-state index contributed by atoms with van der Waals surface area (Å²) in [6.07, 6.45) is 6.37. The highest BCUT2D eigenvalue weighted by Crippen LogP contribution is 2.18. The second kappa shape index (κ2) is 9.93. The van der Waals surface area contributed by atoms with E-state index in [1.165, 1.54) is 19.3 Å². The first-order chi connectivity index (χ1) is 13.7. The summed E-state index contributed by atoms with van der Waals surface area (Å²) in [5.41, 5.74) is 2.13. The molecule has 2 aromatic rings. The van der Waals surface area contributed by atoms with E-state index in [1.807, 2.05) is 24.3 Å². The number of benzene rings is 2. The summed E-state index contributed by atoms with van der Waals surface area (Å²) in [6.45, 7) is 0.518. The van der Waals surface area contributed by atoms with Crippen LogP contribution < -0.4 is 15.4 Å². The van der Waals surface area contributed by atoms with Gasteiger partial charge < -0.3 is 15.4 Å². The number of hydrogen-bond acceptors (Lipinski definition) is 3. The number of rotatable bonds is 7. The maximum atomic E-state index is 12.5. The number of carbonyl (C=O) groups excluding carboxylic acids is 2. The normalized spacial score (nSPS) is 14.3. The second-order valence-corrected chi connectivity index (χ2v) is 7.25. The van der Waals surface area contributed by atoms with Gasteiger partial charge >= 0.3 is 0 Å². The number of ether oxygens (including phenoxy) is 1. The molecule has 0 aliphatic heterocycles. The Bertz CT molecular complexity index is 813. The van der Waals surface area contributed by atoms with Crippen LogP contribution in [0, 0.1) is 0 Å². The summed E-state index contributed by atoms with van der Waals surface area (Å²) in [5, 5.41) is 6.02. The molecule has 5 nitrogen and oxygen atoms in total. The summed E-state index contributed by atoms with van der Waals surface area (Å²) >= 11 is 0. The van der Waals surface area contributed by atoms with E-state index in [9.17, 15) is 9.59 Å². The van der Waals surface area contributed by atoms with Crippen molar-refractivity contribution in [2.75, 3.05) is 13.7 Å². The SMILES string of the molecule is COc1cccc(CCNC(=O)c2cccc(C(=O)NC3CCCCC3)c2)c1. The summed E-state index contributed by atoms with van der Waals surface area (Å²) in [6, 6.07) is 15.0. The maximum Gasteiger partial charge on any atom is 0.251 e. The number of carbonyl (C=O) groups is 2. The van der Waals surface area contributed by atoms with Gasteiger partial charge in [-0.05, 0) is 55.2 Å². The minimum atomic E-state index is -0.171. The molecule has 2 N–H and O–H groups in total. The smallest absolute Gasteiger partial charge is 0.251 e. The Morgan fingerprint density at radius 3 is 2.43 bits per heavy atom. The average molecular weight is 380 g/mol. The Hall–Kier alpha value is -2.82. The van der Waals surface area contributed by atoms with Gasteiger partial charge in [0.2, 0.25) is 0 Å². The molecule has 0 atom stereocenters. The van der Waals surface area contributed by atoms with E-state index in [-0.39, 0.29) is 17.9 Å². The Balaban J connectivity index is 1.53. The highest BCUT2D eigenvalue weighted by Gasteiger charge is 2.17. The van der Waals surface area contributed by atoms with Gasteiger partial charge in [0.05, 0.1) is 7.11 Å². The molecule has 148 valence electrons. The maximum absolute atomic E-state index is 12.5. The van der Waals surface area contributed by atoms with E-state index in [0.717, 1.165) is 24.2 Å². The predicted molar refractivity (Wildman–Crippen MR) is 110 cm³/mol. The van der Waals surface area contributed by atoms with Crippen LogP contribution >= 0.6 is 0 Å². The monoisotopic (exact) mass is 380 g/mol. The zero-order valence-electron chi connectivity index (χ0n) is 16.4. The van der Waals surface area contributed by atoms with Crippen LogP contribution in [0.3, 0.4) is 0 Å². The van der Waals surface area contributed by atoms with Crippen molar-refractivity contribution < 1.29 is 14.3 Å². The van der Waals surface area contributed by atoms with Crippen LogP contribution in [0.1, 0.15) is 58.4 Å². The molecule has 1 saturated carbocycles. The highest BCUT2D eigenvalue weighted by atomic mass is 16.5. The number of nitrogens with one attached hydrogen (secondary N) is 2. The van der Waals surface area contributed by atoms with E-state index in [1.54, 1.807) is 31.4 Å². The first-order valence-corrected chi connectivity index (χ1v) is 9.98. The van der Waals surface area contributed by atoms with Crippen molar-refractivity contribution in [2.24, 2.45) is 0 Å². The van der Waals surface area contributed by atoms with Gasteiger partial charge in [-0.2, -0.15) is 0 Å². The number of hydrogen-bond donors (Lipinski definition) is 2. The minimum Gasteiger partial charge on any atom is -0.497 e. The Morgan fingerprint density at radius 1 is 0.964 bits per heavy atom. The van der Waals surface area contributed by atoms with E-state index >= 15 is 0 Å². The van der Waals surface area contributed by atoms with Crippen LogP contribution in [-0.2, 0) is 6.42 Å². The molecule has 0 saturated heterocycles. The molecule has 1 aliphatic carbocycles. The largest absolute Gasteiger partial charge is 0.497 e. The molecule has 0 aromatic heterocycles. The van der Waals surface area contributed by atoms with Gasteiger partial charge in [-0.25, -0.2) is 0 Å². The van der Waals surface area contributed by atoms with Crippen LogP contribution in [-0.4, -0.2) is 31.5 Å². The van der Waals surface area contributed by atoms with Crippen molar-refractivity contribution in [3.8, 4) is 5.75 Å². The van der Waals surface area contributed by atoms with Crippen LogP contribution in [0.5, 0.6) is 5.75 Å². The molecule has 0 heterocycles. The van der Waals surface area contributed by atoms with Gasteiger partial charge in [0.1, 0.15) is 5.75 Å². The minimum absolute atomic E-state index is 0.0991. The van der Waals surface area contributed by atoms with E-state index in [4.69, 9.17) is 4.74 Å². The van der Waals surface area contributed by atoms with E-state index < -0.39 is 0 Å². The predicted octanol–water partition coefficient (Wildman–Crippen LogP) is 3.73.